The summed E-state index contributed by atoms with van der Waals surface area (Å²) in [6, 6.07) is 3.98. The van der Waals surface area contributed by atoms with Crippen LogP contribution in [0.2, 0.25) is 0 Å². The van der Waals surface area contributed by atoms with Crippen molar-refractivity contribution in [2.24, 2.45) is 0 Å². The van der Waals surface area contributed by atoms with Gasteiger partial charge in [-0.1, -0.05) is 11.6 Å². The zero-order valence-corrected chi connectivity index (χ0v) is 18.9. The van der Waals surface area contributed by atoms with Crippen molar-refractivity contribution in [2.75, 3.05) is 25.0 Å². The number of hydrogen-bond acceptors (Lipinski definition) is 6. The van der Waals surface area contributed by atoms with Crippen LogP contribution in [0.1, 0.15) is 50.2 Å². The zero-order chi connectivity index (χ0) is 22.0. The molecule has 32 heavy (non-hydrogen) atoms. The second kappa shape index (κ2) is 8.82. The lowest BCUT2D eigenvalue weighted by atomic mass is 9.77. The van der Waals surface area contributed by atoms with Crippen LogP contribution in [-0.4, -0.2) is 49.5 Å². The largest absolute Gasteiger partial charge is 0.362 e. The Morgan fingerprint density at radius 1 is 1.25 bits per heavy atom. The Labute approximate surface area is 189 Å². The topological polar surface area (TPSA) is 82.6 Å². The van der Waals surface area contributed by atoms with Crippen LogP contribution in [0.4, 0.5) is 5.82 Å². The summed E-state index contributed by atoms with van der Waals surface area (Å²) in [5.74, 6) is 2.59. The highest BCUT2D eigenvalue weighted by Gasteiger charge is 2.44. The number of nitrogens with one attached hydrogen (secondary N) is 2. The van der Waals surface area contributed by atoms with Gasteiger partial charge in [-0.05, 0) is 58.2 Å². The first-order valence-electron chi connectivity index (χ1n) is 11.5. The second-order valence-electron chi connectivity index (χ2n) is 9.25. The van der Waals surface area contributed by atoms with E-state index in [1.807, 2.05) is 24.5 Å². The van der Waals surface area contributed by atoms with Crippen molar-refractivity contribution >= 4 is 5.82 Å². The highest BCUT2D eigenvalue weighted by atomic mass is 15.1. The number of imidazole rings is 1. The molecule has 3 aromatic rings. The molecule has 0 bridgehead atoms. The number of rotatable bonds is 6. The first kappa shape index (κ1) is 20.8. The molecule has 1 aliphatic carbocycles. The molecule has 1 fully saturated rings. The number of piperidine rings is 1. The molecule has 7 heteroatoms. The molecule has 1 aliphatic heterocycles. The molecule has 5 rings (SSSR count). The first-order chi connectivity index (χ1) is 15.6. The summed E-state index contributed by atoms with van der Waals surface area (Å²) in [6.07, 6.45) is 14.1. The van der Waals surface area contributed by atoms with E-state index < -0.39 is 0 Å². The SMILES string of the molecule is CC(C)=CCN1CCCC2(CCc3c(NCc4ncc[nH]4)nc(-c4cccnc4)nc32)C1. The van der Waals surface area contributed by atoms with E-state index in [1.165, 1.54) is 29.7 Å². The molecule has 0 radical (unpaired) electrons. The van der Waals surface area contributed by atoms with E-state index in [1.54, 1.807) is 12.4 Å². The van der Waals surface area contributed by atoms with Gasteiger partial charge in [-0.2, -0.15) is 0 Å². The minimum Gasteiger partial charge on any atom is -0.362 e. The molecule has 1 atom stereocenters. The molecule has 1 saturated heterocycles. The Balaban J connectivity index is 1.51. The van der Waals surface area contributed by atoms with Crippen LogP contribution in [0.3, 0.4) is 0 Å². The minimum absolute atomic E-state index is 0.101. The van der Waals surface area contributed by atoms with Gasteiger partial charge in [0.2, 0.25) is 0 Å². The summed E-state index contributed by atoms with van der Waals surface area (Å²) in [7, 11) is 0. The van der Waals surface area contributed by atoms with Gasteiger partial charge in [0.1, 0.15) is 11.6 Å². The highest BCUT2D eigenvalue weighted by Crippen LogP contribution is 2.46. The van der Waals surface area contributed by atoms with Crippen molar-refractivity contribution in [2.45, 2.75) is 51.5 Å². The Morgan fingerprint density at radius 3 is 2.97 bits per heavy atom. The van der Waals surface area contributed by atoms with E-state index in [2.05, 4.69) is 45.1 Å². The van der Waals surface area contributed by atoms with Gasteiger partial charge in [-0.25, -0.2) is 15.0 Å². The highest BCUT2D eigenvalue weighted by molar-refractivity contribution is 5.61. The Bertz CT molecular complexity index is 1090. The normalized spacial score (nSPS) is 20.3. The van der Waals surface area contributed by atoms with E-state index in [0.29, 0.717) is 6.54 Å². The number of anilines is 1. The van der Waals surface area contributed by atoms with Crippen LogP contribution in [0.15, 0.2) is 48.6 Å². The van der Waals surface area contributed by atoms with Gasteiger partial charge < -0.3 is 10.3 Å². The molecule has 0 aromatic carbocycles. The van der Waals surface area contributed by atoms with Gasteiger partial charge >= 0.3 is 0 Å². The van der Waals surface area contributed by atoms with Crippen LogP contribution >= 0.6 is 0 Å². The zero-order valence-electron chi connectivity index (χ0n) is 18.9. The first-order valence-corrected chi connectivity index (χ1v) is 11.5. The third-order valence-electron chi connectivity index (χ3n) is 6.67. The van der Waals surface area contributed by atoms with Crippen LogP contribution in [-0.2, 0) is 18.4 Å². The summed E-state index contributed by atoms with van der Waals surface area (Å²) >= 11 is 0. The molecule has 3 aromatic heterocycles. The van der Waals surface area contributed by atoms with E-state index in [9.17, 15) is 0 Å². The fourth-order valence-corrected chi connectivity index (χ4v) is 5.07. The van der Waals surface area contributed by atoms with E-state index in [-0.39, 0.29) is 5.41 Å². The summed E-state index contributed by atoms with van der Waals surface area (Å²) in [6.45, 7) is 8.20. The lowest BCUT2D eigenvalue weighted by Crippen LogP contribution is -2.45. The predicted octanol–water partition coefficient (Wildman–Crippen LogP) is 4.12. The maximum atomic E-state index is 5.18. The number of aromatic nitrogens is 5. The van der Waals surface area contributed by atoms with Crippen molar-refractivity contribution in [1.82, 2.24) is 29.8 Å². The molecule has 0 saturated carbocycles. The third kappa shape index (κ3) is 4.17. The van der Waals surface area contributed by atoms with E-state index >= 15 is 0 Å². The van der Waals surface area contributed by atoms with Crippen LogP contribution in [0.25, 0.3) is 11.4 Å². The summed E-state index contributed by atoms with van der Waals surface area (Å²) in [5, 5.41) is 3.54. The number of allylic oxidation sites excluding steroid dienone is 1. The fourth-order valence-electron chi connectivity index (χ4n) is 5.07. The van der Waals surface area contributed by atoms with Crippen molar-refractivity contribution in [1.29, 1.82) is 0 Å². The lowest BCUT2D eigenvalue weighted by Gasteiger charge is -2.40. The van der Waals surface area contributed by atoms with Gasteiger partial charge in [-0.3, -0.25) is 9.88 Å². The van der Waals surface area contributed by atoms with Gasteiger partial charge in [0.05, 0.1) is 12.2 Å². The molecule has 4 heterocycles. The minimum atomic E-state index is 0.101. The van der Waals surface area contributed by atoms with Crippen molar-refractivity contribution < 1.29 is 0 Å². The molecule has 2 aliphatic rings. The monoisotopic (exact) mass is 429 g/mol. The summed E-state index contributed by atoms with van der Waals surface area (Å²) < 4.78 is 0. The number of aromatic amines is 1. The van der Waals surface area contributed by atoms with Crippen LogP contribution < -0.4 is 5.32 Å². The smallest absolute Gasteiger partial charge is 0.163 e. The lowest BCUT2D eigenvalue weighted by molar-refractivity contribution is 0.156. The van der Waals surface area contributed by atoms with Gasteiger partial charge in [0.25, 0.3) is 0 Å². The quantitative estimate of drug-likeness (QED) is 0.574. The molecule has 7 nitrogen and oxygen atoms in total. The van der Waals surface area contributed by atoms with Crippen molar-refractivity contribution in [3.63, 3.8) is 0 Å². The standard InChI is InChI=1S/C25H31N7/c1-18(2)7-14-32-13-4-8-25(17-32)9-6-20-22(25)30-23(19-5-3-10-26-15-19)31-24(20)29-16-21-27-11-12-28-21/h3,5,7,10-12,15H,4,6,8-9,13-14,16-17H2,1-2H3,(H,27,28)(H,29,30,31). The number of fused-ring (bicyclic) bond motifs is 2. The van der Waals surface area contributed by atoms with Gasteiger partial charge in [0, 0.05) is 54.4 Å². The number of likely N-dealkylation sites (tertiary alicyclic amines) is 1. The number of hydrogen-bond donors (Lipinski definition) is 2. The summed E-state index contributed by atoms with van der Waals surface area (Å²) in [4.78, 5) is 24.5. The van der Waals surface area contributed by atoms with Crippen molar-refractivity contribution in [3.8, 4) is 11.4 Å². The molecule has 166 valence electrons. The van der Waals surface area contributed by atoms with Crippen LogP contribution in [0, 0.1) is 0 Å². The number of nitrogens with zero attached hydrogens (tertiary/aromatic N) is 5. The van der Waals surface area contributed by atoms with Gasteiger partial charge in [0.15, 0.2) is 5.82 Å². The fraction of sp³-hybridized carbons (Fsp3) is 0.440. The third-order valence-corrected chi connectivity index (χ3v) is 6.67. The Kier molecular flexibility index (Phi) is 5.74. The average Bonchev–Trinajstić information content (AvgIpc) is 3.46. The molecule has 1 unspecified atom stereocenters. The second-order valence-corrected chi connectivity index (χ2v) is 9.25. The Morgan fingerprint density at radius 2 is 2.19 bits per heavy atom. The number of pyridine rings is 1. The summed E-state index contributed by atoms with van der Waals surface area (Å²) in [5.41, 5.74) is 4.94. The maximum Gasteiger partial charge on any atom is 0.163 e. The number of H-pyrrole nitrogens is 1. The molecule has 1 spiro atoms. The predicted molar refractivity (Wildman–Crippen MR) is 126 cm³/mol. The van der Waals surface area contributed by atoms with E-state index in [4.69, 9.17) is 9.97 Å². The van der Waals surface area contributed by atoms with Crippen molar-refractivity contribution in [3.05, 3.63) is 65.7 Å². The van der Waals surface area contributed by atoms with Crippen LogP contribution in [0.5, 0.6) is 0 Å². The maximum absolute atomic E-state index is 5.18. The Hall–Kier alpha value is -3.06. The van der Waals surface area contributed by atoms with Gasteiger partial charge in [-0.15, -0.1) is 0 Å². The molecule has 0 amide bonds. The molecular formula is C25H31N7. The average molecular weight is 430 g/mol. The molecular weight excluding hydrogens is 398 g/mol. The molecule has 2 N–H and O–H groups in total. The van der Waals surface area contributed by atoms with E-state index in [0.717, 1.165) is 55.5 Å².